The first-order valence-electron chi connectivity index (χ1n) is 6.42. The normalized spacial score (nSPS) is 22.9. The fourth-order valence-corrected chi connectivity index (χ4v) is 2.64. The van der Waals surface area contributed by atoms with E-state index in [9.17, 15) is 0 Å². The van der Waals surface area contributed by atoms with Crippen LogP contribution in [0.2, 0.25) is 0 Å². The standard InChI is InChI=1S/C13H24N4/c1-9-6-11(9)8-16(4)13-12(7-14-3)10(2)15-17(13)5/h9,11,14H,6-8H2,1-5H3. The summed E-state index contributed by atoms with van der Waals surface area (Å²) in [5.74, 6) is 3.04. The van der Waals surface area contributed by atoms with Gasteiger partial charge in [0.1, 0.15) is 5.82 Å². The highest BCUT2D eigenvalue weighted by Gasteiger charge is 2.34. The van der Waals surface area contributed by atoms with Gasteiger partial charge >= 0.3 is 0 Å². The van der Waals surface area contributed by atoms with Gasteiger partial charge in [-0.2, -0.15) is 5.10 Å². The monoisotopic (exact) mass is 236 g/mol. The molecule has 2 atom stereocenters. The zero-order valence-corrected chi connectivity index (χ0v) is 11.6. The summed E-state index contributed by atoms with van der Waals surface area (Å²) in [6.45, 7) is 6.46. The van der Waals surface area contributed by atoms with E-state index in [-0.39, 0.29) is 0 Å². The van der Waals surface area contributed by atoms with E-state index in [2.05, 4.69) is 36.2 Å². The van der Waals surface area contributed by atoms with Gasteiger partial charge in [-0.1, -0.05) is 6.92 Å². The molecule has 2 unspecified atom stereocenters. The minimum atomic E-state index is 0.873. The highest BCUT2D eigenvalue weighted by Crippen LogP contribution is 2.39. The van der Waals surface area contributed by atoms with Crippen molar-refractivity contribution in [3.63, 3.8) is 0 Å². The van der Waals surface area contributed by atoms with Crippen molar-refractivity contribution < 1.29 is 0 Å². The van der Waals surface area contributed by atoms with E-state index in [0.717, 1.165) is 30.6 Å². The van der Waals surface area contributed by atoms with E-state index in [1.54, 1.807) is 0 Å². The van der Waals surface area contributed by atoms with Gasteiger partial charge in [0.15, 0.2) is 0 Å². The number of nitrogens with one attached hydrogen (secondary N) is 1. The largest absolute Gasteiger partial charge is 0.359 e. The van der Waals surface area contributed by atoms with Crippen molar-refractivity contribution in [1.82, 2.24) is 15.1 Å². The van der Waals surface area contributed by atoms with Crippen molar-refractivity contribution >= 4 is 5.82 Å². The summed E-state index contributed by atoms with van der Waals surface area (Å²) in [5, 5.41) is 7.76. The molecule has 1 heterocycles. The summed E-state index contributed by atoms with van der Waals surface area (Å²) < 4.78 is 2.01. The molecule has 0 aliphatic heterocycles. The summed E-state index contributed by atoms with van der Waals surface area (Å²) in [5.41, 5.74) is 2.46. The molecule has 4 nitrogen and oxygen atoms in total. The Hall–Kier alpha value is -1.03. The Morgan fingerprint density at radius 1 is 1.53 bits per heavy atom. The first-order valence-corrected chi connectivity index (χ1v) is 6.42. The van der Waals surface area contributed by atoms with Gasteiger partial charge in [0.2, 0.25) is 0 Å². The highest BCUT2D eigenvalue weighted by atomic mass is 15.4. The lowest BCUT2D eigenvalue weighted by Gasteiger charge is -2.21. The molecule has 0 radical (unpaired) electrons. The van der Waals surface area contributed by atoms with E-state index in [4.69, 9.17) is 0 Å². The molecule has 1 saturated carbocycles. The molecule has 0 saturated heterocycles. The Balaban J connectivity index is 2.17. The van der Waals surface area contributed by atoms with E-state index in [1.165, 1.54) is 17.8 Å². The van der Waals surface area contributed by atoms with Gasteiger partial charge in [-0.05, 0) is 32.2 Å². The maximum absolute atomic E-state index is 4.53. The van der Waals surface area contributed by atoms with Gasteiger partial charge in [-0.25, -0.2) is 0 Å². The quantitative estimate of drug-likeness (QED) is 0.842. The van der Waals surface area contributed by atoms with E-state index in [0.29, 0.717) is 0 Å². The third-order valence-corrected chi connectivity index (χ3v) is 3.81. The molecule has 1 aromatic rings. The smallest absolute Gasteiger partial charge is 0.131 e. The molecule has 2 rings (SSSR count). The van der Waals surface area contributed by atoms with Crippen LogP contribution in [0.25, 0.3) is 0 Å². The van der Waals surface area contributed by atoms with E-state index >= 15 is 0 Å². The van der Waals surface area contributed by atoms with Crippen LogP contribution in [0.15, 0.2) is 0 Å². The van der Waals surface area contributed by atoms with Crippen LogP contribution in [0.5, 0.6) is 0 Å². The zero-order valence-electron chi connectivity index (χ0n) is 11.6. The number of anilines is 1. The Kier molecular flexibility index (Phi) is 3.43. The van der Waals surface area contributed by atoms with Gasteiger partial charge < -0.3 is 10.2 Å². The van der Waals surface area contributed by atoms with Gasteiger partial charge in [0.25, 0.3) is 0 Å². The lowest BCUT2D eigenvalue weighted by molar-refractivity contribution is 0.677. The van der Waals surface area contributed by atoms with Crippen LogP contribution in [0, 0.1) is 18.8 Å². The number of rotatable bonds is 5. The zero-order chi connectivity index (χ0) is 12.6. The fraction of sp³-hybridized carbons (Fsp3) is 0.769. The number of hydrogen-bond acceptors (Lipinski definition) is 3. The van der Waals surface area contributed by atoms with E-state index in [1.807, 2.05) is 18.8 Å². The molecular formula is C13H24N4. The van der Waals surface area contributed by atoms with Crippen LogP contribution in [0.3, 0.4) is 0 Å². The number of nitrogens with zero attached hydrogens (tertiary/aromatic N) is 3. The molecule has 0 amide bonds. The molecule has 1 aliphatic carbocycles. The Bertz CT molecular complexity index is 396. The van der Waals surface area contributed by atoms with Crippen molar-refractivity contribution in [2.75, 3.05) is 25.5 Å². The molecular weight excluding hydrogens is 212 g/mol. The molecule has 17 heavy (non-hydrogen) atoms. The molecule has 0 spiro atoms. The summed E-state index contributed by atoms with van der Waals surface area (Å²) in [7, 11) is 6.20. The molecule has 0 bridgehead atoms. The predicted molar refractivity (Wildman–Crippen MR) is 71.2 cm³/mol. The van der Waals surface area contributed by atoms with Gasteiger partial charge in [0, 0.05) is 32.7 Å². The van der Waals surface area contributed by atoms with Gasteiger partial charge in [0.05, 0.1) is 5.69 Å². The van der Waals surface area contributed by atoms with Crippen molar-refractivity contribution in [1.29, 1.82) is 0 Å². The molecule has 96 valence electrons. The Morgan fingerprint density at radius 2 is 2.18 bits per heavy atom. The van der Waals surface area contributed by atoms with Gasteiger partial charge in [-0.3, -0.25) is 4.68 Å². The summed E-state index contributed by atoms with van der Waals surface area (Å²) >= 11 is 0. The Morgan fingerprint density at radius 3 is 2.71 bits per heavy atom. The van der Waals surface area contributed by atoms with Crippen molar-refractivity contribution in [2.45, 2.75) is 26.8 Å². The maximum atomic E-state index is 4.53. The SMILES string of the molecule is CNCc1c(C)nn(C)c1N(C)CC1CC1C. The molecule has 1 fully saturated rings. The van der Waals surface area contributed by atoms with Gasteiger partial charge in [-0.15, -0.1) is 0 Å². The molecule has 1 aliphatic rings. The number of aryl methyl sites for hydroxylation is 2. The van der Waals surface area contributed by atoms with Crippen molar-refractivity contribution in [3.8, 4) is 0 Å². The second-order valence-electron chi connectivity index (χ2n) is 5.40. The van der Waals surface area contributed by atoms with E-state index < -0.39 is 0 Å². The lowest BCUT2D eigenvalue weighted by Crippen LogP contribution is -2.25. The van der Waals surface area contributed by atoms with Crippen LogP contribution in [-0.2, 0) is 13.6 Å². The summed E-state index contributed by atoms with van der Waals surface area (Å²) in [6, 6.07) is 0. The average molecular weight is 236 g/mol. The van der Waals surface area contributed by atoms with Crippen LogP contribution < -0.4 is 10.2 Å². The fourth-order valence-electron chi connectivity index (χ4n) is 2.64. The highest BCUT2D eigenvalue weighted by molar-refractivity contribution is 5.49. The third-order valence-electron chi connectivity index (χ3n) is 3.81. The molecule has 4 heteroatoms. The second-order valence-corrected chi connectivity index (χ2v) is 5.40. The first-order chi connectivity index (χ1) is 8.04. The van der Waals surface area contributed by atoms with Crippen LogP contribution in [-0.4, -0.2) is 30.4 Å². The maximum Gasteiger partial charge on any atom is 0.131 e. The predicted octanol–water partition coefficient (Wildman–Crippen LogP) is 1.54. The number of aromatic nitrogens is 2. The van der Waals surface area contributed by atoms with Crippen molar-refractivity contribution in [2.24, 2.45) is 18.9 Å². The second kappa shape index (κ2) is 4.69. The minimum Gasteiger partial charge on any atom is -0.359 e. The first kappa shape index (κ1) is 12.4. The molecule has 1 N–H and O–H groups in total. The summed E-state index contributed by atoms with van der Waals surface area (Å²) in [4.78, 5) is 2.36. The average Bonchev–Trinajstić information content (AvgIpc) is 2.84. The van der Waals surface area contributed by atoms with Crippen LogP contribution in [0.4, 0.5) is 5.82 Å². The minimum absolute atomic E-state index is 0.873. The topological polar surface area (TPSA) is 33.1 Å². The molecule has 1 aromatic heterocycles. The molecule has 0 aromatic carbocycles. The third kappa shape index (κ3) is 2.46. The van der Waals surface area contributed by atoms with Crippen LogP contribution >= 0.6 is 0 Å². The van der Waals surface area contributed by atoms with Crippen molar-refractivity contribution in [3.05, 3.63) is 11.3 Å². The summed E-state index contributed by atoms with van der Waals surface area (Å²) in [6.07, 6.45) is 1.38. The van der Waals surface area contributed by atoms with Crippen LogP contribution in [0.1, 0.15) is 24.6 Å². The number of hydrogen-bond donors (Lipinski definition) is 1. The Labute approximate surface area is 104 Å². The lowest BCUT2D eigenvalue weighted by atomic mass is 10.2.